The van der Waals surface area contributed by atoms with Crippen LogP contribution in [0.1, 0.15) is 28.6 Å². The van der Waals surface area contributed by atoms with Gasteiger partial charge in [-0.2, -0.15) is 0 Å². The van der Waals surface area contributed by atoms with Crippen molar-refractivity contribution in [1.29, 1.82) is 0 Å². The van der Waals surface area contributed by atoms with E-state index in [9.17, 15) is 14.7 Å². The molecule has 1 N–H and O–H groups in total. The Bertz CT molecular complexity index is 1270. The van der Waals surface area contributed by atoms with Gasteiger partial charge >= 0.3 is 0 Å². The summed E-state index contributed by atoms with van der Waals surface area (Å²) in [5.74, 6) is -0.966. The van der Waals surface area contributed by atoms with Crippen LogP contribution in [0.5, 0.6) is 5.75 Å². The highest BCUT2D eigenvalue weighted by Crippen LogP contribution is 2.40. The molecule has 1 atom stereocenters. The topological polar surface area (TPSA) is 87.4 Å². The average Bonchev–Trinajstić information content (AvgIpc) is 3.26. The molecule has 1 unspecified atom stereocenters. The zero-order chi connectivity index (χ0) is 23.9. The number of carbonyl (C=O) groups excluding carboxylic acids is 2. The van der Waals surface area contributed by atoms with E-state index in [0.717, 1.165) is 5.56 Å². The predicted octanol–water partition coefficient (Wildman–Crippen LogP) is 2.94. The Balaban J connectivity index is 1.95. The number of ether oxygens (including phenoxy) is 1. The van der Waals surface area contributed by atoms with Crippen molar-refractivity contribution in [2.24, 2.45) is 0 Å². The van der Waals surface area contributed by atoms with E-state index in [-0.39, 0.29) is 11.3 Å². The number of likely N-dealkylation sites (N-methyl/N-ethyl adjacent to an activating group) is 1. The summed E-state index contributed by atoms with van der Waals surface area (Å²) < 4.78 is 7.13. The number of nitrogens with zero attached hydrogens (tertiary/aromatic N) is 4. The van der Waals surface area contributed by atoms with Crippen molar-refractivity contribution in [2.45, 2.75) is 19.9 Å². The molecule has 172 valence electrons. The minimum Gasteiger partial charge on any atom is -0.505 e. The van der Waals surface area contributed by atoms with Gasteiger partial charge in [0.1, 0.15) is 17.1 Å². The van der Waals surface area contributed by atoms with Crippen LogP contribution < -0.4 is 4.74 Å². The van der Waals surface area contributed by atoms with Gasteiger partial charge in [0.2, 0.25) is 0 Å². The molecule has 8 heteroatoms. The first-order valence-electron chi connectivity index (χ1n) is 10.8. The van der Waals surface area contributed by atoms with Crippen LogP contribution in [0.2, 0.25) is 0 Å². The Morgan fingerprint density at radius 3 is 2.64 bits per heavy atom. The SMILES string of the molecule is COc1cccc(C2/C(=C(\O)c3c(C)nc4c(C)cccn34)C(=O)C(=O)N2CCN(C)C)c1. The number of hydrogen-bond acceptors (Lipinski definition) is 6. The number of aliphatic hydroxyl groups excluding tert-OH is 1. The number of pyridine rings is 1. The normalized spacial score (nSPS) is 18.0. The van der Waals surface area contributed by atoms with Crippen LogP contribution >= 0.6 is 0 Å². The Labute approximate surface area is 192 Å². The third kappa shape index (κ3) is 3.87. The van der Waals surface area contributed by atoms with Gasteiger partial charge in [-0.3, -0.25) is 14.0 Å². The maximum Gasteiger partial charge on any atom is 0.295 e. The standard InChI is InChI=1S/C25H28N4O4/c1-15-8-7-11-28-20(16(2)26-24(15)28)22(30)19-21(17-9-6-10-18(14-17)33-5)29(13-12-27(3)4)25(32)23(19)31/h6-11,14,21,30H,12-13H2,1-5H3/b22-19+. The first-order valence-corrected chi connectivity index (χ1v) is 10.8. The van der Waals surface area contributed by atoms with Crippen LogP contribution in [-0.2, 0) is 9.59 Å². The van der Waals surface area contributed by atoms with Crippen LogP contribution in [0.25, 0.3) is 11.4 Å². The summed E-state index contributed by atoms with van der Waals surface area (Å²) in [6, 6.07) is 10.3. The van der Waals surface area contributed by atoms with Crippen LogP contribution in [0.3, 0.4) is 0 Å². The molecule has 2 aromatic heterocycles. The minimum absolute atomic E-state index is 0.0541. The number of aliphatic hydroxyl groups is 1. The quantitative estimate of drug-likeness (QED) is 0.354. The molecule has 4 rings (SSSR count). The molecule has 3 aromatic rings. The van der Waals surface area contributed by atoms with Crippen LogP contribution in [0.4, 0.5) is 0 Å². The third-order valence-electron chi connectivity index (χ3n) is 5.98. The van der Waals surface area contributed by atoms with Crippen molar-refractivity contribution in [3.8, 4) is 5.75 Å². The van der Waals surface area contributed by atoms with E-state index in [4.69, 9.17) is 4.74 Å². The van der Waals surface area contributed by atoms with Crippen molar-refractivity contribution < 1.29 is 19.4 Å². The number of fused-ring (bicyclic) bond motifs is 1. The van der Waals surface area contributed by atoms with Crippen LogP contribution in [-0.4, -0.2) is 70.3 Å². The highest BCUT2D eigenvalue weighted by molar-refractivity contribution is 6.46. The number of aryl methyl sites for hydroxylation is 2. The fraction of sp³-hybridized carbons (Fsp3) is 0.320. The van der Waals surface area contributed by atoms with E-state index < -0.39 is 17.7 Å². The molecule has 0 spiro atoms. The molecular weight excluding hydrogens is 420 g/mol. The van der Waals surface area contributed by atoms with Gasteiger partial charge in [0.15, 0.2) is 5.76 Å². The van der Waals surface area contributed by atoms with E-state index in [1.54, 1.807) is 36.8 Å². The molecule has 0 aliphatic carbocycles. The number of rotatable bonds is 6. The highest BCUT2D eigenvalue weighted by Gasteiger charge is 2.46. The number of hydrogen-bond donors (Lipinski definition) is 1. The number of carbonyl (C=O) groups is 2. The van der Waals surface area contributed by atoms with Crippen molar-refractivity contribution in [1.82, 2.24) is 19.2 Å². The lowest BCUT2D eigenvalue weighted by Gasteiger charge is -2.26. The Morgan fingerprint density at radius 2 is 1.94 bits per heavy atom. The fourth-order valence-electron chi connectivity index (χ4n) is 4.31. The van der Waals surface area contributed by atoms with Crippen molar-refractivity contribution in [3.63, 3.8) is 0 Å². The van der Waals surface area contributed by atoms with E-state index in [0.29, 0.717) is 41.4 Å². The van der Waals surface area contributed by atoms with Gasteiger partial charge in [-0.1, -0.05) is 18.2 Å². The number of methoxy groups -OCH3 is 1. The molecule has 1 saturated heterocycles. The number of ketones is 1. The summed E-state index contributed by atoms with van der Waals surface area (Å²) in [4.78, 5) is 34.4. The number of benzene rings is 1. The fourth-order valence-corrected chi connectivity index (χ4v) is 4.31. The summed E-state index contributed by atoms with van der Waals surface area (Å²) in [5.41, 5.74) is 3.36. The molecule has 0 bridgehead atoms. The van der Waals surface area contributed by atoms with Gasteiger partial charge < -0.3 is 19.6 Å². The molecule has 0 radical (unpaired) electrons. The van der Waals surface area contributed by atoms with E-state index in [1.807, 2.05) is 50.2 Å². The molecule has 1 aliphatic heterocycles. The number of Topliss-reactive ketones (excluding diaryl/α,β-unsaturated/α-hetero) is 1. The Morgan fingerprint density at radius 1 is 1.18 bits per heavy atom. The maximum absolute atomic E-state index is 13.3. The van der Waals surface area contributed by atoms with Crippen LogP contribution in [0, 0.1) is 13.8 Å². The number of imidazole rings is 1. The first-order chi connectivity index (χ1) is 15.7. The first kappa shape index (κ1) is 22.5. The molecule has 1 aromatic carbocycles. The van der Waals surface area contributed by atoms with Gasteiger partial charge in [0.25, 0.3) is 11.7 Å². The lowest BCUT2D eigenvalue weighted by atomic mass is 9.96. The zero-order valence-electron chi connectivity index (χ0n) is 19.5. The molecule has 33 heavy (non-hydrogen) atoms. The molecule has 1 amide bonds. The summed E-state index contributed by atoms with van der Waals surface area (Å²) in [6.45, 7) is 4.62. The van der Waals surface area contributed by atoms with Crippen LogP contribution in [0.15, 0.2) is 48.2 Å². The monoisotopic (exact) mass is 448 g/mol. The predicted molar refractivity (Wildman–Crippen MR) is 125 cm³/mol. The van der Waals surface area contributed by atoms with Gasteiger partial charge in [-0.15, -0.1) is 0 Å². The number of likely N-dealkylation sites (tertiary alicyclic amines) is 1. The maximum atomic E-state index is 13.3. The van der Waals surface area contributed by atoms with E-state index >= 15 is 0 Å². The van der Waals surface area contributed by atoms with Gasteiger partial charge in [-0.25, -0.2) is 4.98 Å². The second-order valence-corrected chi connectivity index (χ2v) is 8.50. The molecule has 0 saturated carbocycles. The second-order valence-electron chi connectivity index (χ2n) is 8.50. The molecule has 8 nitrogen and oxygen atoms in total. The third-order valence-corrected chi connectivity index (χ3v) is 5.98. The smallest absolute Gasteiger partial charge is 0.295 e. The second kappa shape index (κ2) is 8.71. The molecule has 1 aliphatic rings. The van der Waals surface area contributed by atoms with Crippen molar-refractivity contribution in [2.75, 3.05) is 34.3 Å². The summed E-state index contributed by atoms with van der Waals surface area (Å²) in [5, 5.41) is 11.5. The summed E-state index contributed by atoms with van der Waals surface area (Å²) >= 11 is 0. The van der Waals surface area contributed by atoms with Crippen molar-refractivity contribution >= 4 is 23.1 Å². The van der Waals surface area contributed by atoms with E-state index in [1.165, 1.54) is 4.90 Å². The molecular formula is C25H28N4O4. The Kier molecular flexibility index (Phi) is 5.95. The molecule has 3 heterocycles. The van der Waals surface area contributed by atoms with Gasteiger partial charge in [-0.05, 0) is 57.3 Å². The average molecular weight is 449 g/mol. The van der Waals surface area contributed by atoms with Gasteiger partial charge in [0, 0.05) is 19.3 Å². The lowest BCUT2D eigenvalue weighted by Crippen LogP contribution is -2.35. The summed E-state index contributed by atoms with van der Waals surface area (Å²) in [6.07, 6.45) is 1.79. The van der Waals surface area contributed by atoms with Gasteiger partial charge in [0.05, 0.1) is 24.4 Å². The number of amides is 1. The lowest BCUT2D eigenvalue weighted by molar-refractivity contribution is -0.140. The largest absolute Gasteiger partial charge is 0.505 e. The highest BCUT2D eigenvalue weighted by atomic mass is 16.5. The zero-order valence-corrected chi connectivity index (χ0v) is 19.5. The van der Waals surface area contributed by atoms with E-state index in [2.05, 4.69) is 4.98 Å². The summed E-state index contributed by atoms with van der Waals surface area (Å²) in [7, 11) is 5.37. The van der Waals surface area contributed by atoms with Crippen molar-refractivity contribution in [3.05, 3.63) is 70.7 Å². The number of aromatic nitrogens is 2. The molecule has 1 fully saturated rings. The minimum atomic E-state index is -0.741. The Hall–Kier alpha value is -3.65.